The van der Waals surface area contributed by atoms with Gasteiger partial charge in [0, 0.05) is 23.3 Å². The third kappa shape index (κ3) is 1.74. The number of imidazole rings is 1. The smallest absolute Gasteiger partial charge is 0.248 e. The summed E-state index contributed by atoms with van der Waals surface area (Å²) in [5.41, 5.74) is 2.71. The van der Waals surface area contributed by atoms with E-state index in [1.54, 1.807) is 18.3 Å². The number of fused-ring (bicyclic) bond motifs is 1. The summed E-state index contributed by atoms with van der Waals surface area (Å²) in [6, 6.07) is 5.11. The molecule has 0 saturated heterocycles. The fourth-order valence-electron chi connectivity index (χ4n) is 2.34. The molecule has 0 aliphatic rings. The third-order valence-electron chi connectivity index (χ3n) is 3.35. The van der Waals surface area contributed by atoms with E-state index in [1.807, 2.05) is 25.3 Å². The number of aromatic nitrogens is 4. The van der Waals surface area contributed by atoms with Gasteiger partial charge in [-0.05, 0) is 32.9 Å². The first-order valence-electron chi connectivity index (χ1n) is 6.09. The Morgan fingerprint density at radius 2 is 1.95 bits per heavy atom. The normalized spacial score (nSPS) is 11.1. The lowest BCUT2D eigenvalue weighted by Crippen LogP contribution is -2.07. The van der Waals surface area contributed by atoms with E-state index in [9.17, 15) is 4.79 Å². The van der Waals surface area contributed by atoms with Crippen molar-refractivity contribution in [1.82, 2.24) is 19.5 Å². The van der Waals surface area contributed by atoms with Gasteiger partial charge in [-0.2, -0.15) is 0 Å². The topological polar surface area (TPSA) is 63.6 Å². The minimum Gasteiger partial charge on any atom is -0.322 e. The van der Waals surface area contributed by atoms with Gasteiger partial charge in [-0.1, -0.05) is 0 Å². The van der Waals surface area contributed by atoms with Crippen molar-refractivity contribution in [1.29, 1.82) is 0 Å². The molecule has 5 heteroatoms. The Morgan fingerprint density at radius 3 is 2.63 bits per heavy atom. The summed E-state index contributed by atoms with van der Waals surface area (Å²) in [6.45, 7) is 5.94. The first-order chi connectivity index (χ1) is 9.08. The van der Waals surface area contributed by atoms with Crippen LogP contribution in [0.1, 0.15) is 17.2 Å². The van der Waals surface area contributed by atoms with Gasteiger partial charge < -0.3 is 4.98 Å². The molecular formula is C14H14N4O. The molecule has 0 atom stereocenters. The first-order valence-corrected chi connectivity index (χ1v) is 6.09. The molecule has 1 N–H and O–H groups in total. The zero-order valence-corrected chi connectivity index (χ0v) is 11.1. The van der Waals surface area contributed by atoms with Crippen LogP contribution in [-0.4, -0.2) is 19.5 Å². The maximum Gasteiger partial charge on any atom is 0.248 e. The second-order valence-electron chi connectivity index (χ2n) is 4.58. The fraction of sp³-hybridized carbons (Fsp3) is 0.214. The Morgan fingerprint density at radius 1 is 1.16 bits per heavy atom. The van der Waals surface area contributed by atoms with Gasteiger partial charge in [0.1, 0.15) is 11.6 Å². The second kappa shape index (κ2) is 4.05. The van der Waals surface area contributed by atoms with Crippen molar-refractivity contribution in [2.24, 2.45) is 0 Å². The molecule has 0 aromatic carbocycles. The molecule has 3 aromatic heterocycles. The van der Waals surface area contributed by atoms with Gasteiger partial charge in [-0.3, -0.25) is 9.36 Å². The maximum absolute atomic E-state index is 11.4. The number of hydrogen-bond donors (Lipinski definition) is 1. The first kappa shape index (κ1) is 11.6. The minimum absolute atomic E-state index is 0.111. The van der Waals surface area contributed by atoms with Gasteiger partial charge in [0.15, 0.2) is 0 Å². The highest BCUT2D eigenvalue weighted by molar-refractivity contribution is 5.85. The van der Waals surface area contributed by atoms with E-state index in [0.717, 1.165) is 33.9 Å². The summed E-state index contributed by atoms with van der Waals surface area (Å²) in [5, 5.41) is 0.908. The molecule has 3 aromatic rings. The summed E-state index contributed by atoms with van der Waals surface area (Å²) in [7, 11) is 0. The van der Waals surface area contributed by atoms with Crippen LogP contribution in [0.4, 0.5) is 0 Å². The van der Waals surface area contributed by atoms with E-state index >= 15 is 0 Å². The van der Waals surface area contributed by atoms with E-state index < -0.39 is 0 Å². The summed E-state index contributed by atoms with van der Waals surface area (Å²) in [6.07, 6.45) is 1.70. The van der Waals surface area contributed by atoms with Crippen LogP contribution in [-0.2, 0) is 0 Å². The van der Waals surface area contributed by atoms with Crippen molar-refractivity contribution in [3.05, 3.63) is 52.0 Å². The number of rotatable bonds is 1. The summed E-state index contributed by atoms with van der Waals surface area (Å²) >= 11 is 0. The molecule has 0 bridgehead atoms. The quantitative estimate of drug-likeness (QED) is 0.722. The number of nitrogens with one attached hydrogen (secondary N) is 1. The average molecular weight is 254 g/mol. The second-order valence-corrected chi connectivity index (χ2v) is 4.58. The summed E-state index contributed by atoms with van der Waals surface area (Å²) in [5.74, 6) is 1.69. The molecule has 0 amide bonds. The number of hydrogen-bond acceptors (Lipinski definition) is 3. The third-order valence-corrected chi connectivity index (χ3v) is 3.35. The van der Waals surface area contributed by atoms with Crippen LogP contribution in [0.2, 0.25) is 0 Å². The van der Waals surface area contributed by atoms with Crippen molar-refractivity contribution < 1.29 is 0 Å². The van der Waals surface area contributed by atoms with Gasteiger partial charge in [-0.25, -0.2) is 9.97 Å². The van der Waals surface area contributed by atoms with Crippen molar-refractivity contribution in [3.63, 3.8) is 0 Å². The number of aryl methyl sites for hydroxylation is 2. The largest absolute Gasteiger partial charge is 0.322 e. The Balaban J connectivity index is 2.40. The number of aromatic amines is 1. The molecule has 0 aliphatic carbocycles. The van der Waals surface area contributed by atoms with E-state index in [0.29, 0.717) is 0 Å². The molecule has 3 heterocycles. The van der Waals surface area contributed by atoms with Crippen LogP contribution < -0.4 is 5.56 Å². The summed E-state index contributed by atoms with van der Waals surface area (Å²) < 4.78 is 2.01. The van der Waals surface area contributed by atoms with Crippen molar-refractivity contribution in [2.75, 3.05) is 0 Å². The fourth-order valence-corrected chi connectivity index (χ4v) is 2.34. The predicted molar refractivity (Wildman–Crippen MR) is 73.7 cm³/mol. The molecule has 96 valence electrons. The highest BCUT2D eigenvalue weighted by atomic mass is 16.1. The maximum atomic E-state index is 11.4. The number of nitrogens with zero attached hydrogens (tertiary/aromatic N) is 3. The average Bonchev–Trinajstić information content (AvgIpc) is 2.62. The van der Waals surface area contributed by atoms with Crippen LogP contribution in [0.5, 0.6) is 0 Å². The molecule has 0 radical (unpaired) electrons. The van der Waals surface area contributed by atoms with Crippen LogP contribution >= 0.6 is 0 Å². The molecular weight excluding hydrogens is 240 g/mol. The van der Waals surface area contributed by atoms with Gasteiger partial charge in [-0.15, -0.1) is 0 Å². The lowest BCUT2D eigenvalue weighted by atomic mass is 10.2. The summed E-state index contributed by atoms with van der Waals surface area (Å²) in [4.78, 5) is 23.1. The standard InChI is InChI=1S/C14H14N4O/c1-8-9(2)18(10(3)16-8)14-11-4-5-13(19)17-12(11)6-7-15-14/h4-7H,1-3H3,(H,17,19). The molecule has 0 saturated carbocycles. The highest BCUT2D eigenvalue weighted by Gasteiger charge is 2.13. The Labute approximate surface area is 110 Å². The highest BCUT2D eigenvalue weighted by Crippen LogP contribution is 2.21. The van der Waals surface area contributed by atoms with E-state index in [4.69, 9.17) is 0 Å². The number of pyridine rings is 2. The van der Waals surface area contributed by atoms with Gasteiger partial charge in [0.05, 0.1) is 11.2 Å². The van der Waals surface area contributed by atoms with Crippen LogP contribution in [0.3, 0.4) is 0 Å². The monoisotopic (exact) mass is 254 g/mol. The van der Waals surface area contributed by atoms with Crippen molar-refractivity contribution in [2.45, 2.75) is 20.8 Å². The zero-order chi connectivity index (χ0) is 13.6. The molecule has 5 nitrogen and oxygen atoms in total. The van der Waals surface area contributed by atoms with Crippen LogP contribution in [0.15, 0.2) is 29.2 Å². The molecule has 0 aliphatic heterocycles. The molecule has 0 unspecified atom stereocenters. The van der Waals surface area contributed by atoms with Gasteiger partial charge >= 0.3 is 0 Å². The van der Waals surface area contributed by atoms with Crippen LogP contribution in [0.25, 0.3) is 16.7 Å². The van der Waals surface area contributed by atoms with E-state index in [-0.39, 0.29) is 5.56 Å². The van der Waals surface area contributed by atoms with Gasteiger partial charge in [0.2, 0.25) is 5.56 Å². The van der Waals surface area contributed by atoms with E-state index in [1.165, 1.54) is 6.07 Å². The van der Waals surface area contributed by atoms with E-state index in [2.05, 4.69) is 15.0 Å². The Kier molecular flexibility index (Phi) is 2.48. The van der Waals surface area contributed by atoms with Crippen LogP contribution in [0, 0.1) is 20.8 Å². The lowest BCUT2D eigenvalue weighted by Gasteiger charge is -2.09. The van der Waals surface area contributed by atoms with Crippen molar-refractivity contribution in [3.8, 4) is 5.82 Å². The Bertz CT molecular complexity index is 829. The SMILES string of the molecule is Cc1nc(C)n(-c2nccc3[nH]c(=O)ccc23)c1C. The predicted octanol–water partition coefficient (Wildman–Crippen LogP) is 2.03. The van der Waals surface area contributed by atoms with Gasteiger partial charge in [0.25, 0.3) is 0 Å². The Hall–Kier alpha value is -2.43. The van der Waals surface area contributed by atoms with Crippen molar-refractivity contribution >= 4 is 10.9 Å². The minimum atomic E-state index is -0.111. The molecule has 3 rings (SSSR count). The zero-order valence-electron chi connectivity index (χ0n) is 11.1. The molecule has 0 fully saturated rings. The number of H-pyrrole nitrogens is 1. The lowest BCUT2D eigenvalue weighted by molar-refractivity contribution is 0.911. The molecule has 0 spiro atoms. The molecule has 19 heavy (non-hydrogen) atoms.